The standard InChI is InChI=1S/C18H18ClN3O2S/c1-25(23,24)21-15-3-2-13-11-22(7-5-12(13)8-15)18-10-14(19)9-17-16(18)4-6-20-17/h2-4,6,8-10,20-21H,5,7,11H2,1H3. The zero-order valence-corrected chi connectivity index (χ0v) is 15.3. The van der Waals surface area contributed by atoms with Gasteiger partial charge in [0.2, 0.25) is 10.0 Å². The topological polar surface area (TPSA) is 65.2 Å². The number of hydrogen-bond donors (Lipinski definition) is 2. The molecule has 0 saturated carbocycles. The third kappa shape index (κ3) is 3.32. The minimum Gasteiger partial charge on any atom is -0.366 e. The molecule has 0 saturated heterocycles. The molecule has 2 aromatic carbocycles. The average Bonchev–Trinajstić information content (AvgIpc) is 3.00. The van der Waals surface area contributed by atoms with E-state index >= 15 is 0 Å². The Bertz CT molecular complexity index is 1060. The van der Waals surface area contributed by atoms with Gasteiger partial charge in [-0.25, -0.2) is 8.42 Å². The summed E-state index contributed by atoms with van der Waals surface area (Å²) in [4.78, 5) is 5.53. The number of nitrogens with zero attached hydrogens (tertiary/aromatic N) is 1. The number of aromatic nitrogens is 1. The van der Waals surface area contributed by atoms with Crippen molar-refractivity contribution in [2.45, 2.75) is 13.0 Å². The highest BCUT2D eigenvalue weighted by atomic mass is 35.5. The smallest absolute Gasteiger partial charge is 0.229 e. The van der Waals surface area contributed by atoms with Crippen molar-refractivity contribution in [1.82, 2.24) is 4.98 Å². The van der Waals surface area contributed by atoms with Crippen molar-refractivity contribution in [2.75, 3.05) is 22.4 Å². The zero-order chi connectivity index (χ0) is 17.6. The molecule has 130 valence electrons. The van der Waals surface area contributed by atoms with Crippen LogP contribution in [0.15, 0.2) is 42.6 Å². The molecule has 0 amide bonds. The molecule has 1 aliphatic rings. The molecule has 7 heteroatoms. The molecule has 2 N–H and O–H groups in total. The average molecular weight is 376 g/mol. The maximum atomic E-state index is 11.4. The van der Waals surface area contributed by atoms with Gasteiger partial charge in [0.1, 0.15) is 0 Å². The predicted molar refractivity (Wildman–Crippen MR) is 103 cm³/mol. The van der Waals surface area contributed by atoms with Crippen LogP contribution in [0.3, 0.4) is 0 Å². The molecule has 0 fully saturated rings. The van der Waals surface area contributed by atoms with Crippen LogP contribution in [0.4, 0.5) is 11.4 Å². The van der Waals surface area contributed by atoms with Crippen molar-refractivity contribution in [3.05, 3.63) is 58.7 Å². The maximum absolute atomic E-state index is 11.4. The minimum atomic E-state index is -3.26. The number of benzene rings is 2. The van der Waals surface area contributed by atoms with Crippen molar-refractivity contribution in [3.63, 3.8) is 0 Å². The van der Waals surface area contributed by atoms with Crippen LogP contribution in [0.25, 0.3) is 10.9 Å². The molecule has 5 nitrogen and oxygen atoms in total. The second-order valence-electron chi connectivity index (χ2n) is 6.39. The Morgan fingerprint density at radius 3 is 2.80 bits per heavy atom. The molecule has 0 unspecified atom stereocenters. The quantitative estimate of drug-likeness (QED) is 0.732. The lowest BCUT2D eigenvalue weighted by molar-refractivity contribution is 0.607. The molecule has 0 aliphatic carbocycles. The molecule has 25 heavy (non-hydrogen) atoms. The van der Waals surface area contributed by atoms with E-state index in [0.717, 1.165) is 42.4 Å². The van der Waals surface area contributed by atoms with Crippen LogP contribution >= 0.6 is 11.6 Å². The molecular weight excluding hydrogens is 358 g/mol. The number of anilines is 2. The van der Waals surface area contributed by atoms with Crippen LogP contribution < -0.4 is 9.62 Å². The highest BCUT2D eigenvalue weighted by Crippen LogP contribution is 2.34. The van der Waals surface area contributed by atoms with Gasteiger partial charge in [0.15, 0.2) is 0 Å². The van der Waals surface area contributed by atoms with E-state index in [1.54, 1.807) is 0 Å². The summed E-state index contributed by atoms with van der Waals surface area (Å²) in [6, 6.07) is 11.7. The second kappa shape index (κ2) is 5.97. The van der Waals surface area contributed by atoms with Crippen molar-refractivity contribution in [2.24, 2.45) is 0 Å². The van der Waals surface area contributed by atoms with Gasteiger partial charge in [0, 0.05) is 46.6 Å². The van der Waals surface area contributed by atoms with Crippen molar-refractivity contribution >= 4 is 43.9 Å². The fourth-order valence-electron chi connectivity index (χ4n) is 3.41. The molecule has 3 aromatic rings. The number of hydrogen-bond acceptors (Lipinski definition) is 3. The first-order valence-corrected chi connectivity index (χ1v) is 10.3. The molecule has 0 bridgehead atoms. The number of aromatic amines is 1. The summed E-state index contributed by atoms with van der Waals surface area (Å²) in [6.45, 7) is 1.63. The first kappa shape index (κ1) is 16.3. The minimum absolute atomic E-state index is 0.616. The molecule has 1 aliphatic heterocycles. The van der Waals surface area contributed by atoms with Gasteiger partial charge in [-0.1, -0.05) is 17.7 Å². The van der Waals surface area contributed by atoms with Gasteiger partial charge in [-0.2, -0.15) is 0 Å². The number of rotatable bonds is 3. The fraction of sp³-hybridized carbons (Fsp3) is 0.222. The van der Waals surface area contributed by atoms with Crippen LogP contribution in [-0.4, -0.2) is 26.2 Å². The second-order valence-corrected chi connectivity index (χ2v) is 8.58. The third-order valence-corrected chi connectivity index (χ3v) is 5.30. The summed E-state index contributed by atoms with van der Waals surface area (Å²) < 4.78 is 25.3. The van der Waals surface area contributed by atoms with Crippen molar-refractivity contribution < 1.29 is 8.42 Å². The van der Waals surface area contributed by atoms with E-state index in [1.807, 2.05) is 36.5 Å². The molecule has 0 atom stereocenters. The Kier molecular flexibility index (Phi) is 3.89. The van der Waals surface area contributed by atoms with Gasteiger partial charge in [-0.05, 0) is 47.9 Å². The lowest BCUT2D eigenvalue weighted by Gasteiger charge is -2.31. The van der Waals surface area contributed by atoms with E-state index < -0.39 is 10.0 Å². The van der Waals surface area contributed by atoms with Gasteiger partial charge in [-0.3, -0.25) is 4.72 Å². The molecule has 0 spiro atoms. The molecular formula is C18H18ClN3O2S. The van der Waals surface area contributed by atoms with Crippen LogP contribution in [-0.2, 0) is 23.0 Å². The number of fused-ring (bicyclic) bond motifs is 2. The molecule has 4 rings (SSSR count). The Hall–Kier alpha value is -2.18. The summed E-state index contributed by atoms with van der Waals surface area (Å²) in [5.74, 6) is 0. The van der Waals surface area contributed by atoms with E-state index in [1.165, 1.54) is 11.1 Å². The summed E-state index contributed by atoms with van der Waals surface area (Å²) in [5, 5.41) is 1.87. The Morgan fingerprint density at radius 2 is 2.00 bits per heavy atom. The molecule has 0 radical (unpaired) electrons. The van der Waals surface area contributed by atoms with Crippen LogP contribution in [0, 0.1) is 0 Å². The first-order valence-electron chi connectivity index (χ1n) is 8.00. The maximum Gasteiger partial charge on any atom is 0.229 e. The predicted octanol–water partition coefficient (Wildman–Crippen LogP) is 3.76. The van der Waals surface area contributed by atoms with E-state index in [-0.39, 0.29) is 0 Å². The van der Waals surface area contributed by atoms with E-state index in [0.29, 0.717) is 10.7 Å². The van der Waals surface area contributed by atoms with Gasteiger partial charge in [0.25, 0.3) is 0 Å². The lowest BCUT2D eigenvalue weighted by atomic mass is 9.98. The normalized spacial score (nSPS) is 14.6. The number of nitrogens with one attached hydrogen (secondary N) is 2. The van der Waals surface area contributed by atoms with Crippen LogP contribution in [0.5, 0.6) is 0 Å². The number of halogens is 1. The molecule has 2 heterocycles. The summed E-state index contributed by atoms with van der Waals surface area (Å²) in [6.07, 6.45) is 3.94. The molecule has 1 aromatic heterocycles. The first-order chi connectivity index (χ1) is 11.9. The van der Waals surface area contributed by atoms with Crippen LogP contribution in [0.2, 0.25) is 5.02 Å². The number of H-pyrrole nitrogens is 1. The largest absolute Gasteiger partial charge is 0.366 e. The highest BCUT2D eigenvalue weighted by molar-refractivity contribution is 7.92. The Labute approximate surface area is 151 Å². The van der Waals surface area contributed by atoms with Gasteiger partial charge in [-0.15, -0.1) is 0 Å². The van der Waals surface area contributed by atoms with Gasteiger partial charge in [0.05, 0.1) is 6.26 Å². The fourth-order valence-corrected chi connectivity index (χ4v) is 4.18. The van der Waals surface area contributed by atoms with Gasteiger partial charge >= 0.3 is 0 Å². The monoisotopic (exact) mass is 375 g/mol. The number of sulfonamides is 1. The van der Waals surface area contributed by atoms with E-state index in [9.17, 15) is 8.42 Å². The van der Waals surface area contributed by atoms with Crippen molar-refractivity contribution in [3.8, 4) is 0 Å². The van der Waals surface area contributed by atoms with E-state index in [2.05, 4.69) is 20.7 Å². The summed E-state index contributed by atoms with van der Waals surface area (Å²) in [7, 11) is -3.26. The Balaban J connectivity index is 1.66. The highest BCUT2D eigenvalue weighted by Gasteiger charge is 2.19. The van der Waals surface area contributed by atoms with E-state index in [4.69, 9.17) is 11.6 Å². The summed E-state index contributed by atoms with van der Waals surface area (Å²) in [5.41, 5.74) is 5.14. The van der Waals surface area contributed by atoms with Crippen molar-refractivity contribution in [1.29, 1.82) is 0 Å². The zero-order valence-electron chi connectivity index (χ0n) is 13.7. The third-order valence-electron chi connectivity index (χ3n) is 4.47. The Morgan fingerprint density at radius 1 is 1.16 bits per heavy atom. The summed E-state index contributed by atoms with van der Waals surface area (Å²) >= 11 is 6.27. The SMILES string of the molecule is CS(=O)(=O)Nc1ccc2c(c1)CCN(c1cc(Cl)cc3[nH]ccc13)C2. The van der Waals surface area contributed by atoms with Gasteiger partial charge < -0.3 is 9.88 Å². The lowest BCUT2D eigenvalue weighted by Crippen LogP contribution is -2.30. The van der Waals surface area contributed by atoms with Crippen LogP contribution in [0.1, 0.15) is 11.1 Å².